The highest BCUT2D eigenvalue weighted by Crippen LogP contribution is 2.31. The molecule has 0 radical (unpaired) electrons. The van der Waals surface area contributed by atoms with Gasteiger partial charge in [-0.05, 0) is 12.0 Å². The van der Waals surface area contributed by atoms with Gasteiger partial charge in [-0.1, -0.05) is 20.3 Å². The lowest BCUT2D eigenvalue weighted by molar-refractivity contribution is 0.355. The first-order chi connectivity index (χ1) is 14.0. The molecule has 1 unspecified atom stereocenters. The summed E-state index contributed by atoms with van der Waals surface area (Å²) in [6, 6.07) is 3.44. The molecule has 0 saturated heterocycles. The zero-order valence-corrected chi connectivity index (χ0v) is 17.4. The second kappa shape index (κ2) is 7.77. The highest BCUT2D eigenvalue weighted by Gasteiger charge is 2.23. The Bertz CT molecular complexity index is 1090. The molecule has 1 N–H and O–H groups in total. The van der Waals surface area contributed by atoms with Crippen LogP contribution in [0.15, 0.2) is 23.3 Å². The van der Waals surface area contributed by atoms with Crippen LogP contribution in [0.4, 0.5) is 5.95 Å². The third kappa shape index (κ3) is 3.54. The minimum atomic E-state index is -0.289. The van der Waals surface area contributed by atoms with Gasteiger partial charge in [0.1, 0.15) is 0 Å². The Labute approximate surface area is 169 Å². The molecule has 1 atom stereocenters. The highest BCUT2D eigenvalue weighted by atomic mass is 16.5. The van der Waals surface area contributed by atoms with E-state index >= 15 is 0 Å². The third-order valence-electron chi connectivity index (χ3n) is 5.70. The summed E-state index contributed by atoms with van der Waals surface area (Å²) in [5.74, 6) is 2.25. The molecular weight excluding hydrogens is 370 g/mol. The first kappa shape index (κ1) is 19.3. The second-order valence-corrected chi connectivity index (χ2v) is 7.59. The normalized spacial score (nSPS) is 14.7. The molecule has 2 aromatic heterocycles. The maximum Gasteiger partial charge on any atom is 0.282 e. The zero-order valence-electron chi connectivity index (χ0n) is 17.4. The Morgan fingerprint density at radius 3 is 2.72 bits per heavy atom. The number of anilines is 1. The van der Waals surface area contributed by atoms with E-state index in [-0.39, 0.29) is 5.56 Å². The number of methoxy groups -OCH3 is 2. The third-order valence-corrected chi connectivity index (χ3v) is 5.70. The molecule has 3 heterocycles. The van der Waals surface area contributed by atoms with Crippen molar-refractivity contribution in [3.05, 3.63) is 40.2 Å². The number of aromatic nitrogens is 4. The van der Waals surface area contributed by atoms with Crippen LogP contribution in [0.1, 0.15) is 31.7 Å². The van der Waals surface area contributed by atoms with Gasteiger partial charge in [0, 0.05) is 31.3 Å². The molecule has 3 aromatic rings. The molecule has 1 aliphatic heterocycles. The summed E-state index contributed by atoms with van der Waals surface area (Å²) in [7, 11) is 3.12. The molecule has 0 bridgehead atoms. The van der Waals surface area contributed by atoms with Crippen molar-refractivity contribution in [2.45, 2.75) is 39.8 Å². The van der Waals surface area contributed by atoms with Gasteiger partial charge in [-0.15, -0.1) is 0 Å². The lowest BCUT2D eigenvalue weighted by Gasteiger charge is -2.28. The summed E-state index contributed by atoms with van der Waals surface area (Å²) in [5, 5.41) is 0.474. The van der Waals surface area contributed by atoms with Crippen molar-refractivity contribution in [3.8, 4) is 11.5 Å². The molecule has 4 rings (SSSR count). The number of hydrogen-bond acceptors (Lipinski definition) is 6. The number of nitrogens with zero attached hydrogens (tertiary/aromatic N) is 4. The van der Waals surface area contributed by atoms with E-state index in [4.69, 9.17) is 9.47 Å². The van der Waals surface area contributed by atoms with Gasteiger partial charge in [0.05, 0.1) is 43.7 Å². The molecule has 154 valence electrons. The first-order valence-corrected chi connectivity index (χ1v) is 9.97. The number of aromatic amines is 1. The van der Waals surface area contributed by atoms with Crippen molar-refractivity contribution in [1.29, 1.82) is 0 Å². The van der Waals surface area contributed by atoms with Gasteiger partial charge in [0.25, 0.3) is 5.56 Å². The number of fused-ring (bicyclic) bond motifs is 2. The van der Waals surface area contributed by atoms with E-state index in [0.717, 1.165) is 31.6 Å². The lowest BCUT2D eigenvalue weighted by atomic mass is 10.1. The summed E-state index contributed by atoms with van der Waals surface area (Å²) < 4.78 is 12.9. The number of H-pyrrole nitrogens is 1. The summed E-state index contributed by atoms with van der Waals surface area (Å²) in [5.41, 5.74) is 2.72. The van der Waals surface area contributed by atoms with Crippen LogP contribution in [0.5, 0.6) is 11.5 Å². The smallest absolute Gasteiger partial charge is 0.282 e. The van der Waals surface area contributed by atoms with Crippen LogP contribution in [-0.4, -0.2) is 40.3 Å². The fourth-order valence-corrected chi connectivity index (χ4v) is 3.79. The van der Waals surface area contributed by atoms with E-state index in [2.05, 4.69) is 38.3 Å². The van der Waals surface area contributed by atoms with Gasteiger partial charge in [-0.3, -0.25) is 4.79 Å². The summed E-state index contributed by atoms with van der Waals surface area (Å²) in [6.07, 6.45) is 3.96. The van der Waals surface area contributed by atoms with Crippen LogP contribution < -0.4 is 19.9 Å². The van der Waals surface area contributed by atoms with E-state index in [1.54, 1.807) is 26.4 Å². The molecular formula is C21H27N5O3. The average molecular weight is 397 g/mol. The van der Waals surface area contributed by atoms with Crippen LogP contribution in [0.2, 0.25) is 0 Å². The lowest BCUT2D eigenvalue weighted by Crippen LogP contribution is -2.34. The Kier molecular flexibility index (Phi) is 5.17. The van der Waals surface area contributed by atoms with E-state index in [9.17, 15) is 4.79 Å². The fraction of sp³-hybridized carbons (Fsp3) is 0.476. The second-order valence-electron chi connectivity index (χ2n) is 7.59. The van der Waals surface area contributed by atoms with Crippen molar-refractivity contribution in [2.24, 2.45) is 5.92 Å². The van der Waals surface area contributed by atoms with Crippen molar-refractivity contribution in [2.75, 3.05) is 25.7 Å². The molecule has 0 aliphatic carbocycles. The van der Waals surface area contributed by atoms with E-state index in [1.165, 1.54) is 5.69 Å². The predicted octanol–water partition coefficient (Wildman–Crippen LogP) is 2.75. The van der Waals surface area contributed by atoms with E-state index in [1.807, 2.05) is 6.33 Å². The maximum absolute atomic E-state index is 12.6. The Hall–Kier alpha value is -3.03. The van der Waals surface area contributed by atoms with Crippen LogP contribution >= 0.6 is 0 Å². The van der Waals surface area contributed by atoms with Gasteiger partial charge in [-0.25, -0.2) is 4.98 Å². The largest absolute Gasteiger partial charge is 0.493 e. The Morgan fingerprint density at radius 1 is 1.24 bits per heavy atom. The van der Waals surface area contributed by atoms with Gasteiger partial charge in [0.2, 0.25) is 5.95 Å². The Morgan fingerprint density at radius 2 is 2.00 bits per heavy atom. The molecule has 0 spiro atoms. The van der Waals surface area contributed by atoms with Crippen LogP contribution in [0, 0.1) is 5.92 Å². The number of imidazole rings is 1. The van der Waals surface area contributed by atoms with Gasteiger partial charge >= 0.3 is 0 Å². The molecule has 0 fully saturated rings. The Balaban J connectivity index is 1.65. The van der Waals surface area contributed by atoms with Crippen molar-refractivity contribution in [3.63, 3.8) is 0 Å². The van der Waals surface area contributed by atoms with E-state index < -0.39 is 0 Å². The zero-order chi connectivity index (χ0) is 20.5. The topological polar surface area (TPSA) is 85.3 Å². The minimum absolute atomic E-state index is 0.289. The SMILES string of the molecule is CCC(C)Cn1cnc2c1CCN(c1nc(=O)c3cc(OC)c(OC)cc3[nH]1)C2. The number of ether oxygens (including phenoxy) is 2. The summed E-state index contributed by atoms with van der Waals surface area (Å²) in [4.78, 5) is 26.9. The first-order valence-electron chi connectivity index (χ1n) is 9.97. The molecule has 0 amide bonds. The van der Waals surface area contributed by atoms with Crippen molar-refractivity contribution in [1.82, 2.24) is 19.5 Å². The number of benzene rings is 1. The molecule has 8 nitrogen and oxygen atoms in total. The molecule has 8 heteroatoms. The summed E-state index contributed by atoms with van der Waals surface area (Å²) in [6.45, 7) is 6.87. The number of nitrogens with one attached hydrogen (secondary N) is 1. The van der Waals surface area contributed by atoms with Crippen LogP contribution in [0.3, 0.4) is 0 Å². The molecule has 1 aliphatic rings. The van der Waals surface area contributed by atoms with Crippen molar-refractivity contribution >= 4 is 16.9 Å². The van der Waals surface area contributed by atoms with Crippen molar-refractivity contribution < 1.29 is 9.47 Å². The van der Waals surface area contributed by atoms with Crippen LogP contribution in [0.25, 0.3) is 10.9 Å². The molecule has 29 heavy (non-hydrogen) atoms. The van der Waals surface area contributed by atoms with E-state index in [0.29, 0.717) is 40.8 Å². The quantitative estimate of drug-likeness (QED) is 0.688. The number of hydrogen-bond donors (Lipinski definition) is 1. The van der Waals surface area contributed by atoms with Gasteiger partial charge in [0.15, 0.2) is 11.5 Å². The predicted molar refractivity (Wildman–Crippen MR) is 112 cm³/mol. The summed E-state index contributed by atoms with van der Waals surface area (Å²) >= 11 is 0. The molecule has 0 saturated carbocycles. The maximum atomic E-state index is 12.6. The highest BCUT2D eigenvalue weighted by molar-refractivity contribution is 5.82. The average Bonchev–Trinajstić information content (AvgIpc) is 3.14. The monoisotopic (exact) mass is 397 g/mol. The number of rotatable bonds is 6. The minimum Gasteiger partial charge on any atom is -0.493 e. The van der Waals surface area contributed by atoms with Crippen LogP contribution in [-0.2, 0) is 19.5 Å². The fourth-order valence-electron chi connectivity index (χ4n) is 3.79. The van der Waals surface area contributed by atoms with Gasteiger partial charge < -0.3 is 23.9 Å². The van der Waals surface area contributed by atoms with Gasteiger partial charge in [-0.2, -0.15) is 4.98 Å². The standard InChI is InChI=1S/C21H27N5O3/c1-5-13(2)10-26-12-22-16-11-25(7-6-17(16)26)21-23-15-9-19(29-4)18(28-3)8-14(15)20(27)24-21/h8-9,12-13H,5-7,10-11H2,1-4H3,(H,23,24,27). The molecule has 1 aromatic carbocycles.